The third-order valence-electron chi connectivity index (χ3n) is 2.69. The zero-order valence-corrected chi connectivity index (χ0v) is 12.0. The van der Waals surface area contributed by atoms with Crippen molar-refractivity contribution in [3.05, 3.63) is 23.4 Å². The van der Waals surface area contributed by atoms with Crippen LogP contribution in [0.15, 0.2) is 12.1 Å². The molecule has 108 valence electrons. The van der Waals surface area contributed by atoms with Crippen molar-refractivity contribution in [2.75, 3.05) is 29.1 Å². The minimum absolute atomic E-state index is 0.0125. The molecule has 1 fully saturated rings. The van der Waals surface area contributed by atoms with Crippen molar-refractivity contribution < 1.29 is 13.2 Å². The van der Waals surface area contributed by atoms with Gasteiger partial charge in [-0.25, -0.2) is 4.98 Å². The first kappa shape index (κ1) is 15.3. The molecule has 0 amide bonds. The van der Waals surface area contributed by atoms with E-state index in [1.165, 1.54) is 0 Å². The Balaban J connectivity index is 2.10. The predicted molar refractivity (Wildman–Crippen MR) is 76.0 cm³/mol. The fourth-order valence-corrected chi connectivity index (χ4v) is 4.32. The van der Waals surface area contributed by atoms with Crippen LogP contribution in [0.2, 0.25) is 0 Å². The molecule has 2 heterocycles. The minimum Gasteiger partial charge on any atom is -0.368 e. The third-order valence-corrected chi connectivity index (χ3v) is 5.53. The summed E-state index contributed by atoms with van der Waals surface area (Å²) in [5.74, 6) is 3.11. The van der Waals surface area contributed by atoms with E-state index in [0.29, 0.717) is 11.8 Å². The summed E-state index contributed by atoms with van der Waals surface area (Å²) in [4.78, 5) is 3.52. The molecule has 1 unspecified atom stereocenters. The Morgan fingerprint density at radius 3 is 2.80 bits per heavy atom. The number of pyridine rings is 1. The Labute approximate surface area is 123 Å². The lowest BCUT2D eigenvalue weighted by Crippen LogP contribution is -2.24. The summed E-state index contributed by atoms with van der Waals surface area (Å²) < 4.78 is 37.9. The number of aromatic nitrogens is 1. The molecule has 1 N–H and O–H groups in total. The largest absolute Gasteiger partial charge is 0.433 e. The molecule has 0 radical (unpaired) electrons. The Kier molecular flexibility index (Phi) is 5.05. The lowest BCUT2D eigenvalue weighted by Gasteiger charge is -2.21. The topological polar surface area (TPSA) is 48.7 Å². The normalized spacial score (nSPS) is 19.4. The quantitative estimate of drug-likeness (QED) is 0.927. The van der Waals surface area contributed by atoms with E-state index < -0.39 is 11.9 Å². The van der Waals surface area contributed by atoms with Gasteiger partial charge in [0.1, 0.15) is 17.6 Å². The average molecular weight is 319 g/mol. The van der Waals surface area contributed by atoms with Crippen LogP contribution in [0, 0.1) is 11.3 Å². The second-order valence-electron chi connectivity index (χ2n) is 4.15. The molecular formula is C12H12F3N3S2. The Morgan fingerprint density at radius 1 is 1.40 bits per heavy atom. The van der Waals surface area contributed by atoms with E-state index in [-0.39, 0.29) is 11.4 Å². The van der Waals surface area contributed by atoms with Crippen molar-refractivity contribution in [1.29, 1.82) is 5.26 Å². The van der Waals surface area contributed by atoms with Crippen LogP contribution in [-0.2, 0) is 6.18 Å². The molecule has 1 saturated heterocycles. The van der Waals surface area contributed by atoms with Crippen LogP contribution >= 0.6 is 23.5 Å². The number of nitrogens with one attached hydrogen (secondary N) is 1. The summed E-state index contributed by atoms with van der Waals surface area (Å²) in [6, 6.07) is 3.84. The van der Waals surface area contributed by atoms with Gasteiger partial charge < -0.3 is 5.32 Å². The molecule has 0 bridgehead atoms. The number of alkyl halides is 3. The minimum atomic E-state index is -4.50. The highest BCUT2D eigenvalue weighted by Gasteiger charge is 2.33. The lowest BCUT2D eigenvalue weighted by atomic mass is 10.2. The molecule has 2 rings (SSSR count). The predicted octanol–water partition coefficient (Wildman–Crippen LogP) is 3.23. The lowest BCUT2D eigenvalue weighted by molar-refractivity contribution is -0.141. The van der Waals surface area contributed by atoms with Crippen LogP contribution in [0.1, 0.15) is 11.3 Å². The number of hydrogen-bond acceptors (Lipinski definition) is 5. The fraction of sp³-hybridized carbons (Fsp3) is 0.500. The number of nitriles is 1. The van der Waals surface area contributed by atoms with Gasteiger partial charge in [0.15, 0.2) is 0 Å². The molecule has 0 aliphatic carbocycles. The molecular weight excluding hydrogens is 307 g/mol. The number of hydrogen-bond donors (Lipinski definition) is 1. The molecule has 1 aliphatic rings. The van der Waals surface area contributed by atoms with Crippen molar-refractivity contribution >= 4 is 29.3 Å². The molecule has 1 aromatic rings. The van der Waals surface area contributed by atoms with Crippen LogP contribution in [0.5, 0.6) is 0 Å². The van der Waals surface area contributed by atoms with Crippen molar-refractivity contribution in [3.63, 3.8) is 0 Å². The van der Waals surface area contributed by atoms with Gasteiger partial charge in [-0.05, 0) is 12.1 Å². The number of halogens is 3. The van der Waals surface area contributed by atoms with Crippen LogP contribution in [0.4, 0.5) is 19.0 Å². The van der Waals surface area contributed by atoms with Gasteiger partial charge in [-0.3, -0.25) is 0 Å². The van der Waals surface area contributed by atoms with Gasteiger partial charge in [-0.1, -0.05) is 0 Å². The van der Waals surface area contributed by atoms with E-state index in [0.717, 1.165) is 29.4 Å². The molecule has 20 heavy (non-hydrogen) atoms. The first-order valence-electron chi connectivity index (χ1n) is 5.92. The SMILES string of the molecule is N#Cc1ccc(C(F)(F)F)nc1NCC1CSCCS1. The number of rotatable bonds is 3. The highest BCUT2D eigenvalue weighted by Crippen LogP contribution is 2.30. The van der Waals surface area contributed by atoms with E-state index >= 15 is 0 Å². The van der Waals surface area contributed by atoms with E-state index in [1.807, 2.05) is 17.8 Å². The molecule has 1 aliphatic heterocycles. The Morgan fingerprint density at radius 2 is 2.20 bits per heavy atom. The standard InChI is InChI=1S/C12H12F3N3S2/c13-12(14,15)10-2-1-8(5-16)11(18-10)17-6-9-7-19-3-4-20-9/h1-2,9H,3-4,6-7H2,(H,17,18). The van der Waals surface area contributed by atoms with Gasteiger partial charge in [-0.15, -0.1) is 0 Å². The summed E-state index contributed by atoms with van der Waals surface area (Å²) in [5, 5.41) is 12.1. The van der Waals surface area contributed by atoms with Crippen molar-refractivity contribution in [3.8, 4) is 6.07 Å². The van der Waals surface area contributed by atoms with E-state index in [2.05, 4.69) is 10.3 Å². The van der Waals surface area contributed by atoms with Gasteiger partial charge in [0.25, 0.3) is 0 Å². The molecule has 3 nitrogen and oxygen atoms in total. The van der Waals surface area contributed by atoms with Gasteiger partial charge in [0, 0.05) is 29.1 Å². The number of thioether (sulfide) groups is 2. The average Bonchev–Trinajstić information content (AvgIpc) is 2.45. The second kappa shape index (κ2) is 6.59. The summed E-state index contributed by atoms with van der Waals surface area (Å²) in [5.41, 5.74) is -0.851. The van der Waals surface area contributed by atoms with E-state index in [4.69, 9.17) is 5.26 Å². The second-order valence-corrected chi connectivity index (χ2v) is 6.71. The molecule has 1 aromatic heterocycles. The smallest absolute Gasteiger partial charge is 0.368 e. The van der Waals surface area contributed by atoms with Gasteiger partial charge in [-0.2, -0.15) is 42.0 Å². The number of nitrogens with zero attached hydrogens (tertiary/aromatic N) is 2. The van der Waals surface area contributed by atoms with Crippen LogP contribution in [0.3, 0.4) is 0 Å². The first-order valence-corrected chi connectivity index (χ1v) is 8.12. The van der Waals surface area contributed by atoms with Crippen molar-refractivity contribution in [2.24, 2.45) is 0 Å². The van der Waals surface area contributed by atoms with E-state index in [1.54, 1.807) is 11.8 Å². The monoisotopic (exact) mass is 319 g/mol. The summed E-state index contributed by atoms with van der Waals surface area (Å²) >= 11 is 3.62. The van der Waals surface area contributed by atoms with Crippen molar-refractivity contribution in [2.45, 2.75) is 11.4 Å². The highest BCUT2D eigenvalue weighted by atomic mass is 32.2. The van der Waals surface area contributed by atoms with E-state index in [9.17, 15) is 13.2 Å². The van der Waals surface area contributed by atoms with Crippen molar-refractivity contribution in [1.82, 2.24) is 4.98 Å². The molecule has 0 saturated carbocycles. The molecule has 0 aromatic carbocycles. The van der Waals surface area contributed by atoms with Gasteiger partial charge in [0.05, 0.1) is 5.56 Å². The number of anilines is 1. The fourth-order valence-electron chi connectivity index (χ4n) is 1.71. The van der Waals surface area contributed by atoms with Crippen LogP contribution in [0.25, 0.3) is 0 Å². The van der Waals surface area contributed by atoms with Gasteiger partial charge >= 0.3 is 6.18 Å². The maximum absolute atomic E-state index is 12.6. The maximum Gasteiger partial charge on any atom is 0.433 e. The Bertz CT molecular complexity index is 508. The zero-order chi connectivity index (χ0) is 14.6. The van der Waals surface area contributed by atoms with Crippen LogP contribution < -0.4 is 5.32 Å². The maximum atomic E-state index is 12.6. The zero-order valence-electron chi connectivity index (χ0n) is 10.4. The third kappa shape index (κ3) is 3.96. The van der Waals surface area contributed by atoms with Gasteiger partial charge in [0.2, 0.25) is 0 Å². The summed E-state index contributed by atoms with van der Waals surface area (Å²) in [7, 11) is 0. The van der Waals surface area contributed by atoms with Crippen LogP contribution in [-0.4, -0.2) is 34.0 Å². The molecule has 0 spiro atoms. The molecule has 8 heteroatoms. The molecule has 1 atom stereocenters. The highest BCUT2D eigenvalue weighted by molar-refractivity contribution is 8.06. The summed E-state index contributed by atoms with van der Waals surface area (Å²) in [6.45, 7) is 0.515. The summed E-state index contributed by atoms with van der Waals surface area (Å²) in [6.07, 6.45) is -4.50. The first-order chi connectivity index (χ1) is 9.50. The Hall–Kier alpha value is -1.07.